The Morgan fingerprint density at radius 1 is 1.30 bits per heavy atom. The molecule has 2 rings (SSSR count). The molecule has 0 aliphatic carbocycles. The molecule has 1 fully saturated rings. The summed E-state index contributed by atoms with van der Waals surface area (Å²) in [7, 11) is 0. The number of carbonyl (C=O) groups is 2. The molecule has 1 heterocycles. The van der Waals surface area contributed by atoms with Crippen LogP contribution in [0.1, 0.15) is 24.8 Å². The van der Waals surface area contributed by atoms with Gasteiger partial charge in [0.1, 0.15) is 0 Å². The fraction of sp³-hybridized carbons (Fsp3) is 0.500. The number of benzene rings is 1. The number of amides is 1. The molecule has 1 N–H and O–H groups in total. The first-order valence-corrected chi connectivity index (χ1v) is 7.49. The van der Waals surface area contributed by atoms with Crippen LogP contribution in [0.25, 0.3) is 0 Å². The van der Waals surface area contributed by atoms with Crippen molar-refractivity contribution in [2.75, 3.05) is 19.8 Å². The predicted molar refractivity (Wildman–Crippen MR) is 77.6 cm³/mol. The van der Waals surface area contributed by atoms with Gasteiger partial charge in [0.2, 0.25) is 5.91 Å². The Bertz CT molecular complexity index is 573. The van der Waals surface area contributed by atoms with Crippen molar-refractivity contribution in [3.8, 4) is 0 Å². The number of nitrogens with zero attached hydrogens (tertiary/aromatic N) is 1. The number of hydrogen-bond acceptors (Lipinski definition) is 3. The molecular formula is C16H19F2NO4. The maximum atomic E-state index is 13.3. The summed E-state index contributed by atoms with van der Waals surface area (Å²) in [4.78, 5) is 24.7. The first-order chi connectivity index (χ1) is 11.0. The molecule has 23 heavy (non-hydrogen) atoms. The molecule has 126 valence electrons. The summed E-state index contributed by atoms with van der Waals surface area (Å²) in [5, 5.41) is 8.83. The van der Waals surface area contributed by atoms with Gasteiger partial charge in [0.25, 0.3) is 0 Å². The third-order valence-corrected chi connectivity index (χ3v) is 3.77. The summed E-state index contributed by atoms with van der Waals surface area (Å²) < 4.78 is 31.6. The highest BCUT2D eigenvalue weighted by Gasteiger charge is 2.27. The van der Waals surface area contributed by atoms with Crippen LogP contribution in [0.15, 0.2) is 18.2 Å². The van der Waals surface area contributed by atoms with Crippen LogP contribution < -0.4 is 0 Å². The van der Waals surface area contributed by atoms with E-state index in [0.717, 1.165) is 18.6 Å². The molecule has 0 bridgehead atoms. The van der Waals surface area contributed by atoms with Crippen molar-refractivity contribution in [2.24, 2.45) is 5.92 Å². The maximum absolute atomic E-state index is 13.3. The van der Waals surface area contributed by atoms with Gasteiger partial charge in [-0.15, -0.1) is 0 Å². The second-order valence-corrected chi connectivity index (χ2v) is 5.57. The van der Waals surface area contributed by atoms with Crippen LogP contribution in [0.5, 0.6) is 0 Å². The van der Waals surface area contributed by atoms with Gasteiger partial charge in [0, 0.05) is 19.7 Å². The van der Waals surface area contributed by atoms with Gasteiger partial charge >= 0.3 is 5.97 Å². The molecule has 1 aliphatic heterocycles. The van der Waals surface area contributed by atoms with Crippen LogP contribution in [-0.2, 0) is 20.9 Å². The molecule has 0 aromatic heterocycles. The molecule has 1 aromatic rings. The normalized spacial score (nSPS) is 17.7. The highest BCUT2D eigenvalue weighted by Crippen LogP contribution is 2.19. The maximum Gasteiger partial charge on any atom is 0.305 e. The standard InChI is InChI=1S/C16H19F2NO4/c17-13-4-3-11(8-14(13)18)9-19(6-5-15(20)21)16(22)12-2-1-7-23-10-12/h3-4,8,12H,1-2,5-7,9-10H2,(H,20,21)/t12-/m1/s1. The van der Waals surface area contributed by atoms with Crippen molar-refractivity contribution < 1.29 is 28.2 Å². The van der Waals surface area contributed by atoms with Gasteiger partial charge < -0.3 is 14.7 Å². The molecule has 0 radical (unpaired) electrons. The summed E-state index contributed by atoms with van der Waals surface area (Å²) in [5.41, 5.74) is 0.416. The van der Waals surface area contributed by atoms with Gasteiger partial charge in [0.15, 0.2) is 11.6 Å². The van der Waals surface area contributed by atoms with E-state index in [2.05, 4.69) is 0 Å². The van der Waals surface area contributed by atoms with E-state index in [1.807, 2.05) is 0 Å². The Hall–Kier alpha value is -2.02. The average Bonchev–Trinajstić information content (AvgIpc) is 2.54. The van der Waals surface area contributed by atoms with Crippen LogP contribution in [-0.4, -0.2) is 41.6 Å². The lowest BCUT2D eigenvalue weighted by Gasteiger charge is -2.29. The van der Waals surface area contributed by atoms with Crippen molar-refractivity contribution in [2.45, 2.75) is 25.8 Å². The highest BCUT2D eigenvalue weighted by atomic mass is 19.2. The zero-order valence-corrected chi connectivity index (χ0v) is 12.6. The highest BCUT2D eigenvalue weighted by molar-refractivity contribution is 5.79. The quantitative estimate of drug-likeness (QED) is 0.870. The van der Waals surface area contributed by atoms with Gasteiger partial charge in [-0.05, 0) is 30.5 Å². The van der Waals surface area contributed by atoms with Gasteiger partial charge in [-0.1, -0.05) is 6.07 Å². The Morgan fingerprint density at radius 3 is 2.70 bits per heavy atom. The summed E-state index contributed by atoms with van der Waals surface area (Å²) >= 11 is 0. The van der Waals surface area contributed by atoms with E-state index < -0.39 is 17.6 Å². The number of rotatable bonds is 6. The van der Waals surface area contributed by atoms with Crippen LogP contribution >= 0.6 is 0 Å². The van der Waals surface area contributed by atoms with Crippen LogP contribution in [0.2, 0.25) is 0 Å². The predicted octanol–water partition coefficient (Wildman–Crippen LogP) is 2.19. The fourth-order valence-electron chi connectivity index (χ4n) is 2.55. The average molecular weight is 327 g/mol. The smallest absolute Gasteiger partial charge is 0.305 e. The second-order valence-electron chi connectivity index (χ2n) is 5.57. The molecule has 1 aromatic carbocycles. The molecule has 1 amide bonds. The van der Waals surface area contributed by atoms with E-state index in [4.69, 9.17) is 9.84 Å². The Morgan fingerprint density at radius 2 is 2.09 bits per heavy atom. The summed E-state index contributed by atoms with van der Waals surface area (Å²) in [6.45, 7) is 0.978. The lowest BCUT2D eigenvalue weighted by molar-refractivity contribution is -0.142. The van der Waals surface area contributed by atoms with Crippen molar-refractivity contribution in [1.82, 2.24) is 4.90 Å². The van der Waals surface area contributed by atoms with E-state index in [-0.39, 0.29) is 31.3 Å². The SMILES string of the molecule is O=C(O)CCN(Cc1ccc(F)c(F)c1)C(=O)[C@@H]1CCCOC1. The van der Waals surface area contributed by atoms with Crippen LogP contribution in [0, 0.1) is 17.6 Å². The number of carboxylic acid groups (broad SMARTS) is 1. The minimum Gasteiger partial charge on any atom is -0.481 e. The minimum absolute atomic E-state index is 0.0175. The monoisotopic (exact) mass is 327 g/mol. The van der Waals surface area contributed by atoms with Crippen molar-refractivity contribution in [3.05, 3.63) is 35.4 Å². The molecule has 5 nitrogen and oxygen atoms in total. The summed E-state index contributed by atoms with van der Waals surface area (Å²) in [6, 6.07) is 3.40. The topological polar surface area (TPSA) is 66.8 Å². The van der Waals surface area contributed by atoms with E-state index in [0.29, 0.717) is 25.2 Å². The van der Waals surface area contributed by atoms with Gasteiger partial charge in [-0.3, -0.25) is 9.59 Å². The molecule has 0 saturated carbocycles. The summed E-state index contributed by atoms with van der Waals surface area (Å²) in [6.07, 6.45) is 1.25. The number of carboxylic acids is 1. The Kier molecular flexibility index (Phi) is 6.04. The number of aliphatic carboxylic acids is 1. The van der Waals surface area contributed by atoms with E-state index in [1.54, 1.807) is 0 Å². The Labute approximate surface area is 132 Å². The van der Waals surface area contributed by atoms with E-state index >= 15 is 0 Å². The third-order valence-electron chi connectivity index (χ3n) is 3.77. The molecule has 1 atom stereocenters. The first kappa shape index (κ1) is 17.3. The van der Waals surface area contributed by atoms with Gasteiger partial charge in [-0.25, -0.2) is 8.78 Å². The van der Waals surface area contributed by atoms with Crippen molar-refractivity contribution in [3.63, 3.8) is 0 Å². The Balaban J connectivity index is 2.10. The molecular weight excluding hydrogens is 308 g/mol. The number of ether oxygens (including phenoxy) is 1. The fourth-order valence-corrected chi connectivity index (χ4v) is 2.55. The van der Waals surface area contributed by atoms with Gasteiger partial charge in [-0.2, -0.15) is 0 Å². The van der Waals surface area contributed by atoms with E-state index in [9.17, 15) is 18.4 Å². The largest absolute Gasteiger partial charge is 0.481 e. The zero-order chi connectivity index (χ0) is 16.8. The van der Waals surface area contributed by atoms with Gasteiger partial charge in [0.05, 0.1) is 18.9 Å². The summed E-state index contributed by atoms with van der Waals surface area (Å²) in [5.74, 6) is -3.50. The number of halogens is 2. The van der Waals surface area contributed by atoms with Crippen LogP contribution in [0.4, 0.5) is 8.78 Å². The minimum atomic E-state index is -1.02. The van der Waals surface area contributed by atoms with E-state index in [1.165, 1.54) is 11.0 Å². The van der Waals surface area contributed by atoms with Crippen LogP contribution in [0.3, 0.4) is 0 Å². The lowest BCUT2D eigenvalue weighted by atomic mass is 10.00. The molecule has 0 unspecified atom stereocenters. The second kappa shape index (κ2) is 8.01. The lowest BCUT2D eigenvalue weighted by Crippen LogP contribution is -2.40. The zero-order valence-electron chi connectivity index (χ0n) is 12.6. The van der Waals surface area contributed by atoms with Crippen molar-refractivity contribution >= 4 is 11.9 Å². The molecule has 1 saturated heterocycles. The third kappa shape index (κ3) is 4.99. The molecule has 1 aliphatic rings. The molecule has 7 heteroatoms. The first-order valence-electron chi connectivity index (χ1n) is 7.49. The molecule has 0 spiro atoms. The number of hydrogen-bond donors (Lipinski definition) is 1. The number of carbonyl (C=O) groups excluding carboxylic acids is 1. The van der Waals surface area contributed by atoms with Crippen molar-refractivity contribution in [1.29, 1.82) is 0 Å².